The van der Waals surface area contributed by atoms with Gasteiger partial charge in [-0.3, -0.25) is 4.79 Å². The Balaban J connectivity index is 1.19. The molecule has 1 aliphatic carbocycles. The maximum atomic E-state index is 12.0. The number of hydrogen-bond acceptors (Lipinski definition) is 7. The number of hydrogen-bond donors (Lipinski definition) is 3. The van der Waals surface area contributed by atoms with Crippen LogP contribution in [0.5, 0.6) is 17.2 Å². The maximum absolute atomic E-state index is 12.0. The van der Waals surface area contributed by atoms with E-state index in [0.29, 0.717) is 51.1 Å². The lowest BCUT2D eigenvalue weighted by atomic mass is 10.1. The van der Waals surface area contributed by atoms with Crippen LogP contribution in [0, 0.1) is 0 Å². The van der Waals surface area contributed by atoms with Gasteiger partial charge in [0.1, 0.15) is 36.6 Å². The smallest absolute Gasteiger partial charge is 0.224 e. The zero-order valence-electron chi connectivity index (χ0n) is 20.5. The number of nitrogens with one attached hydrogen (secondary N) is 2. The number of ether oxygens (including phenoxy) is 4. The summed E-state index contributed by atoms with van der Waals surface area (Å²) in [5.74, 6) is 2.16. The third-order valence-corrected chi connectivity index (χ3v) is 5.80. The Morgan fingerprint density at radius 2 is 1.60 bits per heavy atom. The molecule has 35 heavy (non-hydrogen) atoms. The Kier molecular flexibility index (Phi) is 11.7. The van der Waals surface area contributed by atoms with Crippen molar-refractivity contribution in [2.45, 2.75) is 44.3 Å². The molecule has 1 saturated carbocycles. The molecule has 2 aromatic rings. The quantitative estimate of drug-likeness (QED) is 0.314. The molecule has 192 valence electrons. The van der Waals surface area contributed by atoms with E-state index in [2.05, 4.69) is 10.6 Å². The van der Waals surface area contributed by atoms with E-state index < -0.39 is 6.10 Å². The SMILES string of the molecule is COc1ccc(CC(=O)NCCNCC(O)COc2ccc(OCCOC3CCCC3)cc2)cc1. The zero-order valence-corrected chi connectivity index (χ0v) is 20.5. The third kappa shape index (κ3) is 10.5. The Morgan fingerprint density at radius 3 is 2.29 bits per heavy atom. The minimum atomic E-state index is -0.659. The van der Waals surface area contributed by atoms with Gasteiger partial charge in [-0.25, -0.2) is 0 Å². The monoisotopic (exact) mass is 486 g/mol. The highest BCUT2D eigenvalue weighted by molar-refractivity contribution is 5.78. The van der Waals surface area contributed by atoms with E-state index in [1.807, 2.05) is 48.5 Å². The summed E-state index contributed by atoms with van der Waals surface area (Å²) in [7, 11) is 1.61. The molecule has 0 bridgehead atoms. The van der Waals surface area contributed by atoms with Crippen molar-refractivity contribution in [2.24, 2.45) is 0 Å². The fourth-order valence-corrected chi connectivity index (χ4v) is 3.86. The first-order valence-electron chi connectivity index (χ1n) is 12.4. The fraction of sp³-hybridized carbons (Fsp3) is 0.519. The summed E-state index contributed by atoms with van der Waals surface area (Å²) in [6.45, 7) is 2.72. The van der Waals surface area contributed by atoms with Crippen LogP contribution in [0.25, 0.3) is 0 Å². The van der Waals surface area contributed by atoms with Crippen molar-refractivity contribution in [3.63, 3.8) is 0 Å². The van der Waals surface area contributed by atoms with Gasteiger partial charge in [0.15, 0.2) is 0 Å². The topological polar surface area (TPSA) is 98.3 Å². The molecule has 0 saturated heterocycles. The third-order valence-electron chi connectivity index (χ3n) is 5.80. The molecular weight excluding hydrogens is 448 g/mol. The molecule has 1 fully saturated rings. The van der Waals surface area contributed by atoms with Crippen LogP contribution < -0.4 is 24.8 Å². The molecule has 1 aliphatic rings. The number of rotatable bonds is 16. The van der Waals surface area contributed by atoms with Gasteiger partial charge in [-0.2, -0.15) is 0 Å². The second-order valence-corrected chi connectivity index (χ2v) is 8.64. The molecular formula is C27H38N2O6. The molecule has 0 aromatic heterocycles. The highest BCUT2D eigenvalue weighted by atomic mass is 16.5. The first-order chi connectivity index (χ1) is 17.1. The summed E-state index contributed by atoms with van der Waals surface area (Å²) < 4.78 is 22.3. The van der Waals surface area contributed by atoms with Crippen molar-refractivity contribution in [3.05, 3.63) is 54.1 Å². The lowest BCUT2D eigenvalue weighted by Crippen LogP contribution is -2.37. The van der Waals surface area contributed by atoms with E-state index in [1.165, 1.54) is 12.8 Å². The average Bonchev–Trinajstić information content (AvgIpc) is 3.40. The highest BCUT2D eigenvalue weighted by Gasteiger charge is 2.14. The van der Waals surface area contributed by atoms with Crippen LogP contribution in [0.3, 0.4) is 0 Å². The molecule has 8 nitrogen and oxygen atoms in total. The van der Waals surface area contributed by atoms with Gasteiger partial charge in [-0.1, -0.05) is 25.0 Å². The molecule has 0 radical (unpaired) electrons. The number of aliphatic hydroxyl groups is 1. The number of aliphatic hydroxyl groups excluding tert-OH is 1. The van der Waals surface area contributed by atoms with Crippen molar-refractivity contribution >= 4 is 5.91 Å². The molecule has 3 N–H and O–H groups in total. The molecule has 0 spiro atoms. The minimum Gasteiger partial charge on any atom is -0.497 e. The Hall–Kier alpha value is -2.81. The second-order valence-electron chi connectivity index (χ2n) is 8.64. The number of carbonyl (C=O) groups excluding carboxylic acids is 1. The predicted octanol–water partition coefficient (Wildman–Crippen LogP) is 2.72. The van der Waals surface area contributed by atoms with Gasteiger partial charge in [-0.05, 0) is 54.8 Å². The summed E-state index contributed by atoms with van der Waals surface area (Å²) in [4.78, 5) is 12.0. The van der Waals surface area contributed by atoms with E-state index in [9.17, 15) is 9.90 Å². The van der Waals surface area contributed by atoms with E-state index >= 15 is 0 Å². The van der Waals surface area contributed by atoms with Gasteiger partial charge in [-0.15, -0.1) is 0 Å². The van der Waals surface area contributed by atoms with E-state index in [-0.39, 0.29) is 12.5 Å². The van der Waals surface area contributed by atoms with E-state index in [1.54, 1.807) is 7.11 Å². The first kappa shape index (κ1) is 26.8. The molecule has 0 heterocycles. The summed E-state index contributed by atoms with van der Waals surface area (Å²) in [5, 5.41) is 16.1. The van der Waals surface area contributed by atoms with Crippen LogP contribution in [0.1, 0.15) is 31.2 Å². The number of carbonyl (C=O) groups is 1. The van der Waals surface area contributed by atoms with Crippen LogP contribution >= 0.6 is 0 Å². The Bertz CT molecular complexity index is 853. The fourth-order valence-electron chi connectivity index (χ4n) is 3.86. The largest absolute Gasteiger partial charge is 0.497 e. The van der Waals surface area contributed by atoms with Gasteiger partial charge in [0, 0.05) is 19.6 Å². The summed E-state index contributed by atoms with van der Waals surface area (Å²) in [6.07, 6.45) is 4.92. The van der Waals surface area contributed by atoms with Crippen LogP contribution in [-0.2, 0) is 16.0 Å². The standard InChI is InChI=1S/C27H38N2O6/c1-32-23-8-6-21(7-9-23)18-27(31)29-15-14-28-19-22(30)20-35-26-12-10-25(11-13-26)34-17-16-33-24-4-2-3-5-24/h6-13,22,24,28,30H,2-5,14-20H2,1H3,(H,29,31). The lowest BCUT2D eigenvalue weighted by Gasteiger charge is -2.14. The van der Waals surface area contributed by atoms with Gasteiger partial charge >= 0.3 is 0 Å². The van der Waals surface area contributed by atoms with E-state index in [0.717, 1.165) is 29.9 Å². The van der Waals surface area contributed by atoms with Crippen LogP contribution in [0.15, 0.2) is 48.5 Å². The predicted molar refractivity (Wildman–Crippen MR) is 134 cm³/mol. The molecule has 8 heteroatoms. The number of benzene rings is 2. The first-order valence-corrected chi connectivity index (χ1v) is 12.4. The zero-order chi connectivity index (χ0) is 24.7. The van der Waals surface area contributed by atoms with E-state index in [4.69, 9.17) is 18.9 Å². The van der Waals surface area contributed by atoms with Crippen LogP contribution in [0.2, 0.25) is 0 Å². The molecule has 1 unspecified atom stereocenters. The van der Waals surface area contributed by atoms with Crippen molar-refractivity contribution in [3.8, 4) is 17.2 Å². The van der Waals surface area contributed by atoms with Crippen LogP contribution in [0.4, 0.5) is 0 Å². The average molecular weight is 487 g/mol. The van der Waals surface area contributed by atoms with Crippen molar-refractivity contribution in [2.75, 3.05) is 46.6 Å². The van der Waals surface area contributed by atoms with Crippen molar-refractivity contribution in [1.29, 1.82) is 0 Å². The molecule has 2 aromatic carbocycles. The van der Waals surface area contributed by atoms with Gasteiger partial charge in [0.2, 0.25) is 5.91 Å². The Labute approximate surface area is 207 Å². The van der Waals surface area contributed by atoms with Gasteiger partial charge < -0.3 is 34.7 Å². The number of methoxy groups -OCH3 is 1. The number of amides is 1. The molecule has 3 rings (SSSR count). The van der Waals surface area contributed by atoms with Gasteiger partial charge in [0.25, 0.3) is 0 Å². The maximum Gasteiger partial charge on any atom is 0.224 e. The Morgan fingerprint density at radius 1 is 0.943 bits per heavy atom. The second kappa shape index (κ2) is 15.2. The summed E-state index contributed by atoms with van der Waals surface area (Å²) >= 11 is 0. The van der Waals surface area contributed by atoms with Gasteiger partial charge in [0.05, 0.1) is 26.2 Å². The van der Waals surface area contributed by atoms with Crippen LogP contribution in [-0.4, -0.2) is 69.8 Å². The molecule has 1 atom stereocenters. The summed E-state index contributed by atoms with van der Waals surface area (Å²) in [6, 6.07) is 14.8. The molecule has 1 amide bonds. The minimum absolute atomic E-state index is 0.0467. The van der Waals surface area contributed by atoms with Crippen molar-refractivity contribution < 1.29 is 28.8 Å². The molecule has 0 aliphatic heterocycles. The normalized spacial score (nSPS) is 14.5. The summed E-state index contributed by atoms with van der Waals surface area (Å²) in [5.41, 5.74) is 0.928. The highest BCUT2D eigenvalue weighted by Crippen LogP contribution is 2.21. The lowest BCUT2D eigenvalue weighted by molar-refractivity contribution is -0.120. The van der Waals surface area contributed by atoms with Crippen molar-refractivity contribution in [1.82, 2.24) is 10.6 Å².